The number of carbonyl (C=O) groups excluding carboxylic acids is 1. The Labute approximate surface area is 211 Å². The monoisotopic (exact) mass is 516 g/mol. The number of anilines is 1. The molecule has 0 saturated carbocycles. The third kappa shape index (κ3) is 6.68. The van der Waals surface area contributed by atoms with Crippen molar-refractivity contribution in [3.63, 3.8) is 0 Å². The highest BCUT2D eigenvalue weighted by atomic mass is 35.5. The number of ether oxygens (including phenoxy) is 2. The van der Waals surface area contributed by atoms with E-state index in [1.807, 2.05) is 20.8 Å². The molecule has 0 fully saturated rings. The van der Waals surface area contributed by atoms with Gasteiger partial charge in [-0.2, -0.15) is 0 Å². The van der Waals surface area contributed by atoms with Crippen molar-refractivity contribution in [3.05, 3.63) is 81.9 Å². The van der Waals surface area contributed by atoms with Crippen LogP contribution in [0, 0.1) is 20.8 Å². The molecule has 3 aromatic rings. The van der Waals surface area contributed by atoms with E-state index < -0.39 is 10.0 Å². The molecule has 3 rings (SSSR count). The number of hydrogen-bond acceptors (Lipinski definition) is 5. The van der Waals surface area contributed by atoms with Crippen molar-refractivity contribution in [2.24, 2.45) is 0 Å². The second-order valence-corrected chi connectivity index (χ2v) is 10.4. The first-order valence-corrected chi connectivity index (χ1v) is 12.8. The van der Waals surface area contributed by atoms with E-state index in [0.717, 1.165) is 11.1 Å². The zero-order chi connectivity index (χ0) is 25.8. The van der Waals surface area contributed by atoms with Crippen LogP contribution in [0.5, 0.6) is 11.5 Å². The highest BCUT2D eigenvalue weighted by Crippen LogP contribution is 2.29. The Morgan fingerprint density at radius 2 is 1.63 bits per heavy atom. The number of rotatable bonds is 9. The van der Waals surface area contributed by atoms with Gasteiger partial charge in [0, 0.05) is 0 Å². The molecule has 1 amide bonds. The Morgan fingerprint density at radius 1 is 0.971 bits per heavy atom. The number of carbonyl (C=O) groups is 1. The Balaban J connectivity index is 1.58. The van der Waals surface area contributed by atoms with Gasteiger partial charge in [0.05, 0.1) is 28.8 Å². The van der Waals surface area contributed by atoms with E-state index >= 15 is 0 Å². The summed E-state index contributed by atoms with van der Waals surface area (Å²) >= 11 is 6.06. The van der Waals surface area contributed by atoms with E-state index in [1.165, 1.54) is 48.6 Å². The zero-order valence-electron chi connectivity index (χ0n) is 20.3. The van der Waals surface area contributed by atoms with E-state index in [-0.39, 0.29) is 28.5 Å². The summed E-state index contributed by atoms with van der Waals surface area (Å²) in [5.41, 5.74) is 4.86. The standard InChI is InChI=1S/C26H29ClN2O5S/c1-16-12-18(3)23(13-17(16)2)19(4)28-26(30)15-34-21-7-9-22(10-8-21)35(31,32)29-20-6-11-25(33-5)24(27)14-20/h6-14,19,29H,15H2,1-5H3,(H,28,30). The van der Waals surface area contributed by atoms with Crippen LogP contribution in [0.25, 0.3) is 0 Å². The van der Waals surface area contributed by atoms with Gasteiger partial charge in [-0.25, -0.2) is 8.42 Å². The largest absolute Gasteiger partial charge is 0.495 e. The predicted octanol–water partition coefficient (Wildman–Crippen LogP) is 5.33. The van der Waals surface area contributed by atoms with E-state index in [0.29, 0.717) is 17.2 Å². The number of amides is 1. The third-order valence-corrected chi connectivity index (χ3v) is 7.33. The van der Waals surface area contributed by atoms with Crippen molar-refractivity contribution < 1.29 is 22.7 Å². The van der Waals surface area contributed by atoms with Crippen molar-refractivity contribution in [1.29, 1.82) is 0 Å². The molecule has 0 aliphatic rings. The minimum absolute atomic E-state index is 0.0417. The molecule has 0 radical (unpaired) electrons. The highest BCUT2D eigenvalue weighted by Gasteiger charge is 2.16. The van der Waals surface area contributed by atoms with Crippen LogP contribution >= 0.6 is 11.6 Å². The molecule has 0 bridgehead atoms. The first-order valence-electron chi connectivity index (χ1n) is 11.0. The average Bonchev–Trinajstić information content (AvgIpc) is 2.80. The molecule has 0 aliphatic heterocycles. The van der Waals surface area contributed by atoms with Gasteiger partial charge in [-0.15, -0.1) is 0 Å². The number of nitrogens with one attached hydrogen (secondary N) is 2. The lowest BCUT2D eigenvalue weighted by Crippen LogP contribution is -2.31. The first kappa shape index (κ1) is 26.4. The summed E-state index contributed by atoms with van der Waals surface area (Å²) in [5, 5.41) is 3.23. The van der Waals surface area contributed by atoms with Crippen molar-refractivity contribution in [3.8, 4) is 11.5 Å². The topological polar surface area (TPSA) is 93.7 Å². The van der Waals surface area contributed by atoms with Gasteiger partial charge in [-0.1, -0.05) is 23.7 Å². The molecule has 186 valence electrons. The lowest BCUT2D eigenvalue weighted by atomic mass is 9.96. The van der Waals surface area contributed by atoms with Gasteiger partial charge in [-0.05, 0) is 92.4 Å². The smallest absolute Gasteiger partial charge is 0.261 e. The third-order valence-electron chi connectivity index (χ3n) is 5.63. The van der Waals surface area contributed by atoms with Gasteiger partial charge in [0.15, 0.2) is 6.61 Å². The molecule has 0 spiro atoms. The SMILES string of the molecule is COc1ccc(NS(=O)(=O)c2ccc(OCC(=O)NC(C)c3cc(C)c(C)cc3C)cc2)cc1Cl. The van der Waals surface area contributed by atoms with Crippen LogP contribution in [0.3, 0.4) is 0 Å². The minimum Gasteiger partial charge on any atom is -0.495 e. The van der Waals surface area contributed by atoms with Crippen LogP contribution in [-0.2, 0) is 14.8 Å². The van der Waals surface area contributed by atoms with Gasteiger partial charge < -0.3 is 14.8 Å². The maximum Gasteiger partial charge on any atom is 0.261 e. The average molecular weight is 517 g/mol. The highest BCUT2D eigenvalue weighted by molar-refractivity contribution is 7.92. The first-order chi connectivity index (χ1) is 16.5. The summed E-state index contributed by atoms with van der Waals surface area (Å²) in [5.74, 6) is 0.546. The molecule has 7 nitrogen and oxygen atoms in total. The summed E-state index contributed by atoms with van der Waals surface area (Å²) in [6, 6.07) is 14.4. The number of aryl methyl sites for hydroxylation is 3. The van der Waals surface area contributed by atoms with Crippen molar-refractivity contribution in [1.82, 2.24) is 5.32 Å². The quantitative estimate of drug-likeness (QED) is 0.401. The second-order valence-electron chi connectivity index (χ2n) is 8.30. The van der Waals surface area contributed by atoms with E-state index in [4.69, 9.17) is 21.1 Å². The van der Waals surface area contributed by atoms with Crippen LogP contribution < -0.4 is 19.5 Å². The van der Waals surface area contributed by atoms with Crippen LogP contribution in [-0.4, -0.2) is 28.0 Å². The van der Waals surface area contributed by atoms with E-state index in [1.54, 1.807) is 12.1 Å². The molecule has 3 aromatic carbocycles. The Kier molecular flexibility index (Phi) is 8.30. The molecule has 2 N–H and O–H groups in total. The van der Waals surface area contributed by atoms with Crippen molar-refractivity contribution in [2.75, 3.05) is 18.4 Å². The number of hydrogen-bond donors (Lipinski definition) is 2. The maximum atomic E-state index is 12.7. The normalized spacial score (nSPS) is 12.1. The van der Waals surface area contributed by atoms with Gasteiger partial charge in [0.25, 0.3) is 15.9 Å². The molecule has 0 aromatic heterocycles. The zero-order valence-corrected chi connectivity index (χ0v) is 21.9. The van der Waals surface area contributed by atoms with E-state index in [9.17, 15) is 13.2 Å². The second kappa shape index (κ2) is 11.0. The van der Waals surface area contributed by atoms with Gasteiger partial charge in [0.1, 0.15) is 11.5 Å². The summed E-state index contributed by atoms with van der Waals surface area (Å²) in [6.07, 6.45) is 0. The van der Waals surface area contributed by atoms with Gasteiger partial charge in [0.2, 0.25) is 0 Å². The number of methoxy groups -OCH3 is 1. The lowest BCUT2D eigenvalue weighted by molar-refractivity contribution is -0.123. The maximum absolute atomic E-state index is 12.7. The summed E-state index contributed by atoms with van der Waals surface area (Å²) in [7, 11) is -2.36. The summed E-state index contributed by atoms with van der Waals surface area (Å²) in [4.78, 5) is 12.4. The molecule has 9 heteroatoms. The molecule has 0 heterocycles. The summed E-state index contributed by atoms with van der Waals surface area (Å²) < 4.78 is 38.5. The molecule has 1 unspecified atom stereocenters. The van der Waals surface area contributed by atoms with Crippen molar-refractivity contribution >= 4 is 33.2 Å². The number of halogens is 1. The molecular formula is C26H29ClN2O5S. The van der Waals surface area contributed by atoms with Gasteiger partial charge >= 0.3 is 0 Å². The molecule has 35 heavy (non-hydrogen) atoms. The van der Waals surface area contributed by atoms with Crippen molar-refractivity contribution in [2.45, 2.75) is 38.6 Å². The molecule has 1 atom stereocenters. The molecular weight excluding hydrogens is 488 g/mol. The molecule has 0 saturated heterocycles. The lowest BCUT2D eigenvalue weighted by Gasteiger charge is -2.18. The fourth-order valence-electron chi connectivity index (χ4n) is 3.62. The fourth-order valence-corrected chi connectivity index (χ4v) is 4.93. The number of sulfonamides is 1. The van der Waals surface area contributed by atoms with Crippen LogP contribution in [0.4, 0.5) is 5.69 Å². The van der Waals surface area contributed by atoms with Crippen LogP contribution in [0.2, 0.25) is 5.02 Å². The fraction of sp³-hybridized carbons (Fsp3) is 0.269. The molecule has 0 aliphatic carbocycles. The minimum atomic E-state index is -3.84. The Morgan fingerprint density at radius 3 is 2.26 bits per heavy atom. The van der Waals surface area contributed by atoms with E-state index in [2.05, 4.69) is 29.1 Å². The van der Waals surface area contributed by atoms with Gasteiger partial charge in [-0.3, -0.25) is 9.52 Å². The summed E-state index contributed by atoms with van der Waals surface area (Å²) in [6.45, 7) is 7.86. The Hall–Kier alpha value is -3.23. The number of benzene rings is 3. The Bertz CT molecular complexity index is 1320. The predicted molar refractivity (Wildman–Crippen MR) is 138 cm³/mol. The van der Waals surface area contributed by atoms with Crippen LogP contribution in [0.15, 0.2) is 59.5 Å². The van der Waals surface area contributed by atoms with Crippen LogP contribution in [0.1, 0.15) is 35.2 Å².